The molecular weight excluding hydrogens is 416 g/mol. The van der Waals surface area contributed by atoms with Gasteiger partial charge in [0.2, 0.25) is 5.91 Å². The summed E-state index contributed by atoms with van der Waals surface area (Å²) in [5.74, 6) is -0.139. The molecule has 1 aromatic heterocycles. The average Bonchev–Trinajstić information content (AvgIpc) is 3.46. The molecule has 1 amide bonds. The van der Waals surface area contributed by atoms with E-state index in [2.05, 4.69) is 5.32 Å². The number of thiophene rings is 1. The van der Waals surface area contributed by atoms with E-state index in [-0.39, 0.29) is 18.4 Å². The number of carbonyl (C=O) groups excluding carboxylic acids is 1. The highest BCUT2D eigenvalue weighted by Gasteiger charge is 2.28. The van der Waals surface area contributed by atoms with Crippen molar-refractivity contribution in [2.24, 2.45) is 0 Å². The van der Waals surface area contributed by atoms with Crippen molar-refractivity contribution in [1.29, 1.82) is 0 Å². The first-order valence-corrected chi connectivity index (χ1v) is 12.3. The van der Waals surface area contributed by atoms with E-state index in [0.717, 1.165) is 28.8 Å². The molecule has 1 saturated heterocycles. The van der Waals surface area contributed by atoms with Gasteiger partial charge in [-0.25, -0.2) is 8.42 Å². The molecule has 3 aromatic rings. The van der Waals surface area contributed by atoms with Gasteiger partial charge in [-0.3, -0.25) is 4.79 Å². The topological polar surface area (TPSA) is 66.5 Å². The van der Waals surface area contributed by atoms with E-state index in [0.29, 0.717) is 17.3 Å². The predicted octanol–water partition coefficient (Wildman–Crippen LogP) is 3.98. The van der Waals surface area contributed by atoms with Crippen LogP contribution in [-0.2, 0) is 21.2 Å². The van der Waals surface area contributed by atoms with Gasteiger partial charge in [0.05, 0.1) is 12.5 Å². The highest BCUT2D eigenvalue weighted by atomic mass is 32.2. The van der Waals surface area contributed by atoms with Gasteiger partial charge in [0.15, 0.2) is 0 Å². The Balaban J connectivity index is 1.49. The van der Waals surface area contributed by atoms with Crippen molar-refractivity contribution in [1.82, 2.24) is 9.62 Å². The minimum Gasteiger partial charge on any atom is -0.345 e. The third-order valence-corrected chi connectivity index (χ3v) is 8.65. The monoisotopic (exact) mass is 440 g/mol. The predicted molar refractivity (Wildman–Crippen MR) is 119 cm³/mol. The molecule has 0 saturated carbocycles. The summed E-state index contributed by atoms with van der Waals surface area (Å²) in [4.78, 5) is 13.6. The summed E-state index contributed by atoms with van der Waals surface area (Å²) in [6.45, 7) is 1.15. The zero-order chi connectivity index (χ0) is 21.0. The van der Waals surface area contributed by atoms with Crippen LogP contribution in [0.15, 0.2) is 77.0 Å². The number of hydrogen-bond donors (Lipinski definition) is 1. The molecule has 1 N–H and O–H groups in total. The first-order chi connectivity index (χ1) is 14.5. The van der Waals surface area contributed by atoms with E-state index in [4.69, 9.17) is 0 Å². The number of carbonyl (C=O) groups is 1. The lowest BCUT2D eigenvalue weighted by Gasteiger charge is -2.19. The second-order valence-corrected chi connectivity index (χ2v) is 10.7. The van der Waals surface area contributed by atoms with Crippen molar-refractivity contribution in [2.45, 2.75) is 29.5 Å². The van der Waals surface area contributed by atoms with Crippen molar-refractivity contribution in [3.8, 4) is 0 Å². The molecule has 2 heterocycles. The van der Waals surface area contributed by atoms with Gasteiger partial charge >= 0.3 is 0 Å². The molecule has 0 spiro atoms. The van der Waals surface area contributed by atoms with E-state index in [9.17, 15) is 13.2 Å². The number of nitrogens with one attached hydrogen (secondary N) is 1. The first kappa shape index (κ1) is 20.8. The minimum absolute atomic E-state index is 0.139. The van der Waals surface area contributed by atoms with Crippen molar-refractivity contribution in [3.63, 3.8) is 0 Å². The minimum atomic E-state index is -3.44. The van der Waals surface area contributed by atoms with Gasteiger partial charge in [-0.05, 0) is 36.1 Å². The SMILES string of the molecule is O=C(Cc1ccc(S(=O)(=O)N2CCCC2)s1)NC(c1ccccc1)c1ccccc1. The third kappa shape index (κ3) is 4.64. The number of sulfonamides is 1. The summed E-state index contributed by atoms with van der Waals surface area (Å²) in [5, 5.41) is 3.11. The molecule has 0 radical (unpaired) electrons. The summed E-state index contributed by atoms with van der Waals surface area (Å²) in [6, 6.07) is 22.8. The Labute approximate surface area is 181 Å². The van der Waals surface area contributed by atoms with Crippen LogP contribution in [-0.4, -0.2) is 31.7 Å². The molecule has 4 rings (SSSR count). The molecule has 30 heavy (non-hydrogen) atoms. The van der Waals surface area contributed by atoms with Crippen LogP contribution in [0.2, 0.25) is 0 Å². The fourth-order valence-electron chi connectivity index (χ4n) is 3.67. The van der Waals surface area contributed by atoms with Crippen LogP contribution >= 0.6 is 11.3 Å². The van der Waals surface area contributed by atoms with E-state index in [1.165, 1.54) is 15.6 Å². The van der Waals surface area contributed by atoms with Crippen molar-refractivity contribution in [2.75, 3.05) is 13.1 Å². The average molecular weight is 441 g/mol. The first-order valence-electron chi connectivity index (χ1n) is 10.0. The van der Waals surface area contributed by atoms with Gasteiger partial charge in [-0.2, -0.15) is 4.31 Å². The van der Waals surface area contributed by atoms with Crippen molar-refractivity contribution >= 4 is 27.3 Å². The zero-order valence-electron chi connectivity index (χ0n) is 16.5. The lowest BCUT2D eigenvalue weighted by atomic mass is 9.98. The normalized spacial score (nSPS) is 14.8. The lowest BCUT2D eigenvalue weighted by molar-refractivity contribution is -0.120. The molecule has 0 unspecified atom stereocenters. The molecular formula is C23H24N2O3S2. The molecule has 1 fully saturated rings. The van der Waals surface area contributed by atoms with Gasteiger partial charge in [-0.15, -0.1) is 11.3 Å². The Morgan fingerprint density at radius 2 is 1.47 bits per heavy atom. The zero-order valence-corrected chi connectivity index (χ0v) is 18.2. The number of amides is 1. The highest BCUT2D eigenvalue weighted by Crippen LogP contribution is 2.28. The maximum atomic E-state index is 12.8. The number of benzene rings is 2. The van der Waals surface area contributed by atoms with Gasteiger partial charge < -0.3 is 5.32 Å². The Morgan fingerprint density at radius 1 is 0.900 bits per heavy atom. The second-order valence-electron chi connectivity index (χ2n) is 7.33. The fraction of sp³-hybridized carbons (Fsp3) is 0.261. The van der Waals surface area contributed by atoms with Gasteiger partial charge in [0, 0.05) is 18.0 Å². The number of rotatable bonds is 7. The summed E-state index contributed by atoms with van der Waals surface area (Å²) in [6.07, 6.45) is 1.96. The quantitative estimate of drug-likeness (QED) is 0.604. The highest BCUT2D eigenvalue weighted by molar-refractivity contribution is 7.91. The molecule has 0 bridgehead atoms. The van der Waals surface area contributed by atoms with Gasteiger partial charge in [-0.1, -0.05) is 60.7 Å². The number of hydrogen-bond acceptors (Lipinski definition) is 4. The third-order valence-electron chi connectivity index (χ3n) is 5.20. The van der Waals surface area contributed by atoms with Crippen LogP contribution in [0.5, 0.6) is 0 Å². The summed E-state index contributed by atoms with van der Waals surface area (Å²) >= 11 is 1.18. The van der Waals surface area contributed by atoms with Crippen LogP contribution < -0.4 is 5.32 Å². The maximum Gasteiger partial charge on any atom is 0.252 e. The molecule has 156 valence electrons. The van der Waals surface area contributed by atoms with Crippen molar-refractivity contribution in [3.05, 3.63) is 88.8 Å². The molecule has 7 heteroatoms. The van der Waals surface area contributed by atoms with Crippen LogP contribution in [0.3, 0.4) is 0 Å². The molecule has 0 aliphatic carbocycles. The number of nitrogens with zero attached hydrogens (tertiary/aromatic N) is 1. The van der Waals surface area contributed by atoms with Crippen LogP contribution in [0.1, 0.15) is 34.9 Å². The molecule has 1 aliphatic rings. The summed E-state index contributed by atoms with van der Waals surface area (Å²) < 4.78 is 27.3. The molecule has 1 aliphatic heterocycles. The molecule has 0 atom stereocenters. The van der Waals surface area contributed by atoms with E-state index in [1.807, 2.05) is 60.7 Å². The Morgan fingerprint density at radius 3 is 2.03 bits per heavy atom. The Bertz CT molecular complexity index is 1050. The van der Waals surface area contributed by atoms with Gasteiger partial charge in [0.1, 0.15) is 4.21 Å². The fourth-order valence-corrected chi connectivity index (χ4v) is 6.69. The molecule has 5 nitrogen and oxygen atoms in total. The van der Waals surface area contributed by atoms with Crippen LogP contribution in [0.25, 0.3) is 0 Å². The van der Waals surface area contributed by atoms with E-state index in [1.54, 1.807) is 12.1 Å². The lowest BCUT2D eigenvalue weighted by Crippen LogP contribution is -2.30. The standard InChI is InChI=1S/C23H24N2O3S2/c26-21(17-20-13-14-22(29-20)30(27,28)25-15-7-8-16-25)24-23(18-9-3-1-4-10-18)19-11-5-2-6-12-19/h1-6,9-14,23H,7-8,15-17H2,(H,24,26). The van der Waals surface area contributed by atoms with E-state index >= 15 is 0 Å². The van der Waals surface area contributed by atoms with Crippen LogP contribution in [0.4, 0.5) is 0 Å². The Kier molecular flexibility index (Phi) is 6.32. The largest absolute Gasteiger partial charge is 0.345 e. The second kappa shape index (κ2) is 9.12. The van der Waals surface area contributed by atoms with Crippen LogP contribution in [0, 0.1) is 0 Å². The maximum absolute atomic E-state index is 12.8. The van der Waals surface area contributed by atoms with E-state index < -0.39 is 10.0 Å². The Hall–Kier alpha value is -2.48. The summed E-state index contributed by atoms with van der Waals surface area (Å²) in [7, 11) is -3.44. The summed E-state index contributed by atoms with van der Waals surface area (Å²) in [5.41, 5.74) is 2.00. The van der Waals surface area contributed by atoms with Gasteiger partial charge in [0.25, 0.3) is 10.0 Å². The smallest absolute Gasteiger partial charge is 0.252 e. The van der Waals surface area contributed by atoms with Crippen molar-refractivity contribution < 1.29 is 13.2 Å². The molecule has 2 aromatic carbocycles.